The van der Waals surface area contributed by atoms with E-state index in [4.69, 9.17) is 4.74 Å². The van der Waals surface area contributed by atoms with Crippen LogP contribution in [0.5, 0.6) is 5.75 Å². The van der Waals surface area contributed by atoms with E-state index in [1.54, 1.807) is 6.20 Å². The van der Waals surface area contributed by atoms with Crippen LogP contribution in [0.1, 0.15) is 36.8 Å². The van der Waals surface area contributed by atoms with Crippen LogP contribution in [0.3, 0.4) is 0 Å². The molecule has 1 N–H and O–H groups in total. The zero-order chi connectivity index (χ0) is 31.5. The molecule has 1 aliphatic carbocycles. The van der Waals surface area contributed by atoms with Crippen LogP contribution in [-0.2, 0) is 22.6 Å². The van der Waals surface area contributed by atoms with Crippen molar-refractivity contribution in [3.63, 3.8) is 0 Å². The van der Waals surface area contributed by atoms with Crippen LogP contribution in [0.4, 0.5) is 37.8 Å². The minimum atomic E-state index is -5.38. The third-order valence-corrected chi connectivity index (χ3v) is 9.42. The molecule has 2 fully saturated rings. The number of pyridine rings is 1. The van der Waals surface area contributed by atoms with Crippen LogP contribution in [0.2, 0.25) is 0 Å². The Labute approximate surface area is 251 Å². The number of rotatable bonds is 8. The Balaban J connectivity index is 1.07. The van der Waals surface area contributed by atoms with E-state index in [1.165, 1.54) is 24.3 Å². The highest BCUT2D eigenvalue weighted by Gasteiger charge is 2.46. The van der Waals surface area contributed by atoms with Gasteiger partial charge in [-0.15, -0.1) is 0 Å². The van der Waals surface area contributed by atoms with Gasteiger partial charge in [0.1, 0.15) is 11.6 Å². The van der Waals surface area contributed by atoms with Crippen molar-refractivity contribution in [2.24, 2.45) is 0 Å². The summed E-state index contributed by atoms with van der Waals surface area (Å²) in [6.45, 7) is 3.50. The summed E-state index contributed by atoms with van der Waals surface area (Å²) >= 11 is 0. The summed E-state index contributed by atoms with van der Waals surface area (Å²) in [7, 11) is -5.38. The van der Waals surface area contributed by atoms with E-state index in [0.29, 0.717) is 18.0 Å². The van der Waals surface area contributed by atoms with E-state index in [9.17, 15) is 34.8 Å². The Kier molecular flexibility index (Phi) is 9.30. The maximum Gasteiger partial charge on any atom is 0.501 e. The third-order valence-electron chi connectivity index (χ3n) is 7.92. The number of benzene rings is 2. The van der Waals surface area contributed by atoms with Crippen molar-refractivity contribution in [3.05, 3.63) is 78.0 Å². The van der Waals surface area contributed by atoms with Crippen molar-refractivity contribution in [3.8, 4) is 5.75 Å². The largest absolute Gasteiger partial charge is 0.501 e. The summed E-state index contributed by atoms with van der Waals surface area (Å²) in [4.78, 5) is 8.07. The lowest BCUT2D eigenvalue weighted by atomic mass is 9.92. The fourth-order valence-corrected chi connectivity index (χ4v) is 6.22. The van der Waals surface area contributed by atoms with Crippen molar-refractivity contribution in [2.75, 3.05) is 36.4 Å². The molecule has 1 saturated carbocycles. The van der Waals surface area contributed by atoms with Gasteiger partial charge in [-0.2, -0.15) is 26.3 Å². The van der Waals surface area contributed by atoms with E-state index < -0.39 is 32.0 Å². The number of aromatic nitrogens is 1. The van der Waals surface area contributed by atoms with Gasteiger partial charge in [0.25, 0.3) is 9.84 Å². The lowest BCUT2D eigenvalue weighted by molar-refractivity contribution is -0.137. The Morgan fingerprint density at radius 2 is 1.48 bits per heavy atom. The number of piperazine rings is 1. The van der Waals surface area contributed by atoms with Gasteiger partial charge in [0.05, 0.1) is 16.6 Å². The van der Waals surface area contributed by atoms with Crippen LogP contribution in [-0.4, -0.2) is 62.1 Å². The first-order valence-corrected chi connectivity index (χ1v) is 15.7. The molecule has 7 nitrogen and oxygen atoms in total. The van der Waals surface area contributed by atoms with Gasteiger partial charge in [0.15, 0.2) is 0 Å². The quantitative estimate of drug-likeness (QED) is 0.281. The number of sulfone groups is 1. The smallest absolute Gasteiger partial charge is 0.490 e. The first-order chi connectivity index (χ1) is 20.8. The van der Waals surface area contributed by atoms with Gasteiger partial charge in [-0.25, -0.2) is 13.4 Å². The minimum absolute atomic E-state index is 0.0109. The van der Waals surface area contributed by atoms with Gasteiger partial charge in [-0.05, 0) is 73.7 Å². The maximum absolute atomic E-state index is 12.8. The fourth-order valence-electron chi connectivity index (χ4n) is 5.46. The van der Waals surface area contributed by atoms with E-state index in [0.717, 1.165) is 87.5 Å². The highest BCUT2D eigenvalue weighted by Crippen LogP contribution is 2.32. The first kappa shape index (κ1) is 31.9. The van der Waals surface area contributed by atoms with E-state index in [2.05, 4.69) is 20.1 Å². The second-order valence-corrected chi connectivity index (χ2v) is 13.0. The molecule has 2 heterocycles. The highest BCUT2D eigenvalue weighted by atomic mass is 32.2. The number of nitrogens with zero attached hydrogens (tertiary/aromatic N) is 3. The van der Waals surface area contributed by atoms with Gasteiger partial charge in [0, 0.05) is 56.7 Å². The third kappa shape index (κ3) is 7.76. The van der Waals surface area contributed by atoms with Gasteiger partial charge in [-0.1, -0.05) is 12.1 Å². The van der Waals surface area contributed by atoms with Crippen LogP contribution < -0.4 is 15.0 Å². The molecule has 1 saturated heterocycles. The number of halogens is 6. The summed E-state index contributed by atoms with van der Waals surface area (Å²) in [6, 6.07) is 13.7. The molecule has 238 valence electrons. The van der Waals surface area contributed by atoms with E-state index in [1.807, 2.05) is 12.1 Å². The van der Waals surface area contributed by atoms with Crippen LogP contribution in [0.25, 0.3) is 0 Å². The summed E-state index contributed by atoms with van der Waals surface area (Å²) in [5.41, 5.74) is -4.61. The Bertz CT molecular complexity index is 1500. The molecular weight excluding hydrogens is 610 g/mol. The summed E-state index contributed by atoms with van der Waals surface area (Å²) in [6.07, 6.45) is 0.413. The minimum Gasteiger partial charge on any atom is -0.490 e. The Morgan fingerprint density at radius 1 is 0.841 bits per heavy atom. The standard InChI is InChI=1S/C30H32F6N4O3S/c31-29(32,33)22-3-1-21(2-4-22)20-39-15-17-40(18-16-39)28-19-26(13-14-37-28)43-25-9-5-23(6-10-25)38-24-7-11-27(12-8-24)44(41,42)30(34,35)36/h1-4,7-8,11-14,19,23,25,38H,5-6,9-10,15-18,20H2. The molecule has 14 heteroatoms. The van der Waals surface area contributed by atoms with Gasteiger partial charge in [-0.3, -0.25) is 4.90 Å². The second-order valence-electron chi connectivity index (χ2n) is 11.0. The number of hydrogen-bond donors (Lipinski definition) is 1. The van der Waals surface area contributed by atoms with E-state index >= 15 is 0 Å². The molecule has 0 atom stereocenters. The molecule has 2 aliphatic rings. The van der Waals surface area contributed by atoms with E-state index in [-0.39, 0.29) is 12.1 Å². The average Bonchev–Trinajstić information content (AvgIpc) is 2.98. The second kappa shape index (κ2) is 12.8. The highest BCUT2D eigenvalue weighted by molar-refractivity contribution is 7.92. The SMILES string of the molecule is O=S(=O)(c1ccc(NC2CCC(Oc3ccnc(N4CCN(Cc5ccc(C(F)(F)F)cc5)CC4)c3)CC2)cc1)C(F)(F)F. The number of alkyl halides is 6. The zero-order valence-corrected chi connectivity index (χ0v) is 24.4. The van der Waals surface area contributed by atoms with Crippen LogP contribution in [0, 0.1) is 0 Å². The predicted molar refractivity (Wildman–Crippen MR) is 153 cm³/mol. The first-order valence-electron chi connectivity index (χ1n) is 14.2. The molecule has 3 aromatic rings. The lowest BCUT2D eigenvalue weighted by Gasteiger charge is -2.35. The zero-order valence-electron chi connectivity index (χ0n) is 23.6. The van der Waals surface area contributed by atoms with Crippen molar-refractivity contribution in [2.45, 2.75) is 61.0 Å². The Morgan fingerprint density at radius 3 is 2.07 bits per heavy atom. The summed E-state index contributed by atoms with van der Waals surface area (Å²) in [5.74, 6) is 1.50. The Hall–Kier alpha value is -3.52. The molecule has 5 rings (SSSR count). The molecule has 2 aromatic carbocycles. The normalized spacial score (nSPS) is 20.4. The van der Waals surface area contributed by atoms with Gasteiger partial charge < -0.3 is 15.0 Å². The molecular formula is C30H32F6N4O3S. The number of nitrogens with one attached hydrogen (secondary N) is 1. The van der Waals surface area contributed by atoms with Crippen LogP contribution in [0.15, 0.2) is 71.8 Å². The number of anilines is 2. The molecule has 0 amide bonds. The van der Waals surface area contributed by atoms with Crippen molar-refractivity contribution in [1.29, 1.82) is 0 Å². The average molecular weight is 643 g/mol. The molecule has 0 bridgehead atoms. The van der Waals surface area contributed by atoms with Gasteiger partial charge in [0.2, 0.25) is 0 Å². The monoisotopic (exact) mass is 642 g/mol. The van der Waals surface area contributed by atoms with Crippen molar-refractivity contribution < 1.29 is 39.5 Å². The molecule has 44 heavy (non-hydrogen) atoms. The maximum atomic E-state index is 12.8. The summed E-state index contributed by atoms with van der Waals surface area (Å²) < 4.78 is 106. The molecule has 1 aromatic heterocycles. The summed E-state index contributed by atoms with van der Waals surface area (Å²) in [5, 5.41) is 3.26. The van der Waals surface area contributed by atoms with Crippen LogP contribution >= 0.6 is 0 Å². The predicted octanol–water partition coefficient (Wildman–Crippen LogP) is 6.52. The fraction of sp³-hybridized carbons (Fsp3) is 0.433. The lowest BCUT2D eigenvalue weighted by Crippen LogP contribution is -2.46. The number of hydrogen-bond acceptors (Lipinski definition) is 7. The molecule has 1 aliphatic heterocycles. The molecule has 0 radical (unpaired) electrons. The van der Waals surface area contributed by atoms with Gasteiger partial charge >= 0.3 is 11.7 Å². The number of ether oxygens (including phenoxy) is 1. The molecule has 0 spiro atoms. The van der Waals surface area contributed by atoms with Crippen molar-refractivity contribution >= 4 is 21.3 Å². The topological polar surface area (TPSA) is 74.8 Å². The van der Waals surface area contributed by atoms with Crippen molar-refractivity contribution in [1.82, 2.24) is 9.88 Å². The molecule has 0 unspecified atom stereocenters.